The number of aromatic amines is 1. The van der Waals surface area contributed by atoms with Crippen molar-refractivity contribution in [2.45, 2.75) is 57.6 Å². The van der Waals surface area contributed by atoms with Crippen LogP contribution in [0.15, 0.2) is 42.8 Å². The molecule has 0 aliphatic carbocycles. The minimum absolute atomic E-state index is 0.166. The van der Waals surface area contributed by atoms with E-state index in [0.29, 0.717) is 31.2 Å². The van der Waals surface area contributed by atoms with E-state index in [9.17, 15) is 9.59 Å². The first-order chi connectivity index (χ1) is 18.5. The van der Waals surface area contributed by atoms with Gasteiger partial charge in [0.15, 0.2) is 5.79 Å². The lowest BCUT2D eigenvalue weighted by molar-refractivity contribution is -0.153. The number of nitrogens with one attached hydrogen (secondary N) is 2. The van der Waals surface area contributed by atoms with Crippen LogP contribution in [-0.4, -0.2) is 78.3 Å². The highest BCUT2D eigenvalue weighted by Gasteiger charge is 2.52. The molecule has 0 radical (unpaired) electrons. The molecule has 1 spiro atoms. The van der Waals surface area contributed by atoms with Gasteiger partial charge in [-0.25, -0.2) is 9.78 Å². The molecule has 2 atom stereocenters. The zero-order chi connectivity index (χ0) is 27.9. The summed E-state index contributed by atoms with van der Waals surface area (Å²) in [6.45, 7) is 12.7. The number of carbonyl (C=O) groups excluding carboxylic acids is 2. The van der Waals surface area contributed by atoms with Gasteiger partial charge in [0, 0.05) is 6.42 Å². The van der Waals surface area contributed by atoms with Crippen molar-refractivity contribution in [1.29, 1.82) is 0 Å². The van der Waals surface area contributed by atoms with Gasteiger partial charge in [-0.05, 0) is 30.8 Å². The molecule has 11 nitrogen and oxygen atoms in total. The SMILES string of the molecule is C=C1OB(c2ccc(-c3cnc([C@@H]4CC5(CN4C(=O)[C@@H](NC(=O)OC)C(C)C)OCCO5)[nH]3)cc2)OC1(C)C. The molecule has 1 aromatic heterocycles. The predicted molar refractivity (Wildman–Crippen MR) is 143 cm³/mol. The van der Waals surface area contributed by atoms with Crippen LogP contribution in [0, 0.1) is 5.92 Å². The number of ether oxygens (including phenoxy) is 3. The predicted octanol–water partition coefficient (Wildman–Crippen LogP) is 2.51. The van der Waals surface area contributed by atoms with Crippen LogP contribution in [0.1, 0.15) is 46.0 Å². The summed E-state index contributed by atoms with van der Waals surface area (Å²) < 4.78 is 28.4. The summed E-state index contributed by atoms with van der Waals surface area (Å²) in [5.74, 6) is -0.111. The molecular formula is C27H35BN4O7. The fourth-order valence-electron chi connectivity index (χ4n) is 5.14. The molecule has 0 saturated carbocycles. The average Bonchev–Trinajstić information content (AvgIpc) is 3.70. The van der Waals surface area contributed by atoms with Crippen molar-refractivity contribution in [3.05, 3.63) is 48.6 Å². The molecule has 2 amide bonds. The van der Waals surface area contributed by atoms with E-state index in [-0.39, 0.29) is 18.4 Å². The van der Waals surface area contributed by atoms with Crippen LogP contribution >= 0.6 is 0 Å². The fourth-order valence-corrected chi connectivity index (χ4v) is 5.14. The zero-order valence-corrected chi connectivity index (χ0v) is 23.0. The molecule has 3 aliphatic rings. The van der Waals surface area contributed by atoms with Crippen LogP contribution in [0.3, 0.4) is 0 Å². The third kappa shape index (κ3) is 5.28. The van der Waals surface area contributed by atoms with Gasteiger partial charge in [-0.1, -0.05) is 44.7 Å². The quantitative estimate of drug-likeness (QED) is 0.538. The van der Waals surface area contributed by atoms with Crippen molar-refractivity contribution in [3.8, 4) is 11.3 Å². The molecule has 39 heavy (non-hydrogen) atoms. The Balaban J connectivity index is 1.37. The molecule has 1 aromatic carbocycles. The van der Waals surface area contributed by atoms with Crippen molar-refractivity contribution >= 4 is 24.6 Å². The van der Waals surface area contributed by atoms with E-state index >= 15 is 0 Å². The Hall–Kier alpha value is -3.35. The molecule has 0 bridgehead atoms. The van der Waals surface area contributed by atoms with Gasteiger partial charge in [0.25, 0.3) is 0 Å². The lowest BCUT2D eigenvalue weighted by Gasteiger charge is -2.30. The summed E-state index contributed by atoms with van der Waals surface area (Å²) in [4.78, 5) is 35.4. The zero-order valence-electron chi connectivity index (χ0n) is 23.0. The van der Waals surface area contributed by atoms with Gasteiger partial charge in [-0.2, -0.15) is 0 Å². The standard InChI is InChI=1S/C27H35BN4O7/c1-16(2)22(31-25(34)35-6)24(33)32-15-27(36-11-12-37-27)13-21(32)23-29-14-20(30-23)18-7-9-19(10-8-18)28-38-17(3)26(4,5)39-28/h7-10,14,16,21-22H,3,11-13,15H2,1-2,4-6H3,(H,29,30)(H,31,34)/t21-,22-/m0/s1. The summed E-state index contributed by atoms with van der Waals surface area (Å²) in [6, 6.07) is 6.61. The van der Waals surface area contributed by atoms with Gasteiger partial charge in [0.1, 0.15) is 17.5 Å². The number of methoxy groups -OCH3 is 1. The highest BCUT2D eigenvalue weighted by Crippen LogP contribution is 2.42. The lowest BCUT2D eigenvalue weighted by Crippen LogP contribution is -2.52. The number of amides is 2. The Morgan fingerprint density at radius 1 is 1.23 bits per heavy atom. The summed E-state index contributed by atoms with van der Waals surface area (Å²) in [7, 11) is 0.764. The average molecular weight is 538 g/mol. The second kappa shape index (κ2) is 10.3. The van der Waals surface area contributed by atoms with E-state index in [1.807, 2.05) is 52.0 Å². The molecule has 3 saturated heterocycles. The van der Waals surface area contributed by atoms with Crippen molar-refractivity contribution in [2.24, 2.45) is 5.92 Å². The molecule has 208 valence electrons. The number of imidazole rings is 1. The van der Waals surface area contributed by atoms with Gasteiger partial charge in [-0.15, -0.1) is 0 Å². The molecule has 3 aliphatic heterocycles. The third-order valence-electron chi connectivity index (χ3n) is 7.51. The van der Waals surface area contributed by atoms with Crippen LogP contribution in [0.25, 0.3) is 11.3 Å². The van der Waals surface area contributed by atoms with Crippen molar-refractivity contribution in [1.82, 2.24) is 20.2 Å². The molecule has 12 heteroatoms. The van der Waals surface area contributed by atoms with Crippen molar-refractivity contribution in [2.75, 3.05) is 26.9 Å². The molecule has 2 aromatic rings. The Bertz CT molecular complexity index is 1240. The number of alkyl carbamates (subject to hydrolysis) is 1. The van der Waals surface area contributed by atoms with E-state index in [4.69, 9.17) is 23.5 Å². The minimum atomic E-state index is -0.902. The first-order valence-corrected chi connectivity index (χ1v) is 13.1. The molecule has 0 unspecified atom stereocenters. The van der Waals surface area contributed by atoms with E-state index in [0.717, 1.165) is 16.7 Å². The normalized spacial score (nSPS) is 22.4. The second-order valence-electron chi connectivity index (χ2n) is 11.0. The Morgan fingerprint density at radius 2 is 1.92 bits per heavy atom. The number of aromatic nitrogens is 2. The van der Waals surface area contributed by atoms with Gasteiger partial charge in [0.2, 0.25) is 5.91 Å². The van der Waals surface area contributed by atoms with Crippen molar-refractivity contribution in [3.63, 3.8) is 0 Å². The van der Waals surface area contributed by atoms with Gasteiger partial charge in [0.05, 0.1) is 50.6 Å². The number of hydrogen-bond acceptors (Lipinski definition) is 8. The number of H-pyrrole nitrogens is 1. The number of rotatable bonds is 6. The lowest BCUT2D eigenvalue weighted by atomic mass is 9.79. The molecule has 4 heterocycles. The maximum Gasteiger partial charge on any atom is 0.563 e. The van der Waals surface area contributed by atoms with E-state index in [1.165, 1.54) is 7.11 Å². The number of hydrogen-bond donors (Lipinski definition) is 2. The summed E-state index contributed by atoms with van der Waals surface area (Å²) >= 11 is 0. The first kappa shape index (κ1) is 27.2. The number of likely N-dealkylation sites (tertiary alicyclic amines) is 1. The van der Waals surface area contributed by atoms with Crippen LogP contribution in [0.5, 0.6) is 0 Å². The molecule has 5 rings (SSSR count). The summed E-state index contributed by atoms with van der Waals surface area (Å²) in [5, 5.41) is 2.67. The van der Waals surface area contributed by atoms with Crippen molar-refractivity contribution < 1.29 is 33.1 Å². The largest absolute Gasteiger partial charge is 0.563 e. The number of benzene rings is 1. The smallest absolute Gasteiger partial charge is 0.534 e. The monoisotopic (exact) mass is 538 g/mol. The number of nitrogens with zero attached hydrogens (tertiary/aromatic N) is 2. The fraction of sp³-hybridized carbons (Fsp3) is 0.519. The maximum absolute atomic E-state index is 13.7. The first-order valence-electron chi connectivity index (χ1n) is 13.1. The summed E-state index contributed by atoms with van der Waals surface area (Å²) in [5.41, 5.74) is 2.05. The Labute approximate surface area is 228 Å². The highest BCUT2D eigenvalue weighted by atomic mass is 16.7. The Kier molecular flexibility index (Phi) is 7.21. The second-order valence-corrected chi connectivity index (χ2v) is 11.0. The molecule has 3 fully saturated rings. The van der Waals surface area contributed by atoms with Crippen LogP contribution in [0.2, 0.25) is 0 Å². The Morgan fingerprint density at radius 3 is 2.51 bits per heavy atom. The van der Waals surface area contributed by atoms with E-state index in [1.54, 1.807) is 11.1 Å². The topological polar surface area (TPSA) is 124 Å². The van der Waals surface area contributed by atoms with Gasteiger partial charge >= 0.3 is 13.2 Å². The molecular weight excluding hydrogens is 503 g/mol. The highest BCUT2D eigenvalue weighted by molar-refractivity contribution is 6.62. The van der Waals surface area contributed by atoms with Crippen LogP contribution < -0.4 is 10.8 Å². The third-order valence-corrected chi connectivity index (χ3v) is 7.51. The minimum Gasteiger partial charge on any atom is -0.534 e. The van der Waals surface area contributed by atoms with Gasteiger partial charge in [-0.3, -0.25) is 4.79 Å². The van der Waals surface area contributed by atoms with Gasteiger partial charge < -0.3 is 38.7 Å². The van der Waals surface area contributed by atoms with E-state index < -0.39 is 36.7 Å². The maximum atomic E-state index is 13.7. The van der Waals surface area contributed by atoms with E-state index in [2.05, 4.69) is 21.9 Å². The number of carbonyl (C=O) groups is 2. The summed E-state index contributed by atoms with van der Waals surface area (Å²) in [6.07, 6.45) is 1.50. The van der Waals surface area contributed by atoms with Crippen LogP contribution in [-0.2, 0) is 28.3 Å². The molecule has 2 N–H and O–H groups in total. The van der Waals surface area contributed by atoms with Crippen LogP contribution in [0.4, 0.5) is 4.79 Å².